The average Bonchev–Trinajstić information content (AvgIpc) is 3.71. The number of rotatable bonds is 9. The van der Waals surface area contributed by atoms with Crippen LogP contribution in [0.4, 0.5) is 17.1 Å². The monoisotopic (exact) mass is 903 g/mol. The molecule has 13 rings (SSSR count). The minimum Gasteiger partial charge on any atom is -0.310 e. The fraction of sp³-hybridized carbons (Fsp3) is 0.0286. The lowest BCUT2D eigenvalue weighted by atomic mass is 9.74. The van der Waals surface area contributed by atoms with Crippen molar-refractivity contribution in [3.05, 3.63) is 296 Å². The van der Waals surface area contributed by atoms with Gasteiger partial charge in [-0.25, -0.2) is 0 Å². The van der Waals surface area contributed by atoms with Crippen LogP contribution in [0, 0.1) is 0 Å². The van der Waals surface area contributed by atoms with Gasteiger partial charge in [0.2, 0.25) is 0 Å². The smallest absolute Gasteiger partial charge is 0.0540 e. The Labute approximate surface area is 416 Å². The van der Waals surface area contributed by atoms with Gasteiger partial charge in [-0.05, 0) is 149 Å². The SMILES string of the molecule is CC1(c2ccccc2)c2ccccc2-c2ccc(N(c3cccc(-c4ccc5c(c4)c(-c4ccccc4)c(-c4ccccc4)c4ccccc45)c3)c3ccc(-c4ccccc4)cc3-c3ccccc3)cc21. The molecule has 0 aliphatic heterocycles. The number of hydrogen-bond donors (Lipinski definition) is 0. The molecule has 1 nitrogen and oxygen atoms in total. The summed E-state index contributed by atoms with van der Waals surface area (Å²) in [5, 5.41) is 4.98. The maximum absolute atomic E-state index is 2.49. The zero-order valence-corrected chi connectivity index (χ0v) is 39.5. The van der Waals surface area contributed by atoms with E-state index in [0.717, 1.165) is 39.3 Å². The van der Waals surface area contributed by atoms with E-state index in [2.05, 4.69) is 291 Å². The van der Waals surface area contributed by atoms with E-state index in [4.69, 9.17) is 0 Å². The maximum atomic E-state index is 2.49. The lowest BCUT2D eigenvalue weighted by molar-refractivity contribution is 0.714. The van der Waals surface area contributed by atoms with E-state index in [1.165, 1.54) is 82.7 Å². The highest BCUT2D eigenvalue weighted by Gasteiger charge is 2.41. The van der Waals surface area contributed by atoms with Crippen molar-refractivity contribution in [3.8, 4) is 66.8 Å². The fourth-order valence-corrected chi connectivity index (χ4v) is 11.5. The third-order valence-corrected chi connectivity index (χ3v) is 14.9. The van der Waals surface area contributed by atoms with Crippen LogP contribution in [0.15, 0.2) is 279 Å². The third-order valence-electron chi connectivity index (χ3n) is 14.9. The van der Waals surface area contributed by atoms with Crippen LogP contribution < -0.4 is 4.90 Å². The summed E-state index contributed by atoms with van der Waals surface area (Å²) in [4.78, 5) is 2.49. The van der Waals surface area contributed by atoms with E-state index in [1.54, 1.807) is 0 Å². The lowest BCUT2D eigenvalue weighted by Gasteiger charge is -2.32. The van der Waals surface area contributed by atoms with E-state index >= 15 is 0 Å². The summed E-state index contributed by atoms with van der Waals surface area (Å²) < 4.78 is 0. The quantitative estimate of drug-likeness (QED) is 0.130. The van der Waals surface area contributed by atoms with Crippen LogP contribution in [0.5, 0.6) is 0 Å². The number of nitrogens with zero attached hydrogens (tertiary/aromatic N) is 1. The van der Waals surface area contributed by atoms with E-state index in [1.807, 2.05) is 0 Å². The summed E-state index contributed by atoms with van der Waals surface area (Å²) in [5.74, 6) is 0. The molecule has 1 aliphatic rings. The van der Waals surface area contributed by atoms with Crippen molar-refractivity contribution >= 4 is 38.6 Å². The summed E-state index contributed by atoms with van der Waals surface area (Å²) >= 11 is 0. The molecule has 1 unspecified atom stereocenters. The van der Waals surface area contributed by atoms with Gasteiger partial charge in [-0.2, -0.15) is 0 Å². The Balaban J connectivity index is 1.05. The van der Waals surface area contributed by atoms with Gasteiger partial charge in [0.05, 0.1) is 5.69 Å². The van der Waals surface area contributed by atoms with E-state index in [9.17, 15) is 0 Å². The molecular formula is C70H49N. The molecule has 0 N–H and O–H groups in total. The molecule has 0 saturated carbocycles. The first-order valence-electron chi connectivity index (χ1n) is 24.7. The van der Waals surface area contributed by atoms with Gasteiger partial charge in [-0.3, -0.25) is 0 Å². The van der Waals surface area contributed by atoms with Gasteiger partial charge >= 0.3 is 0 Å². The predicted molar refractivity (Wildman–Crippen MR) is 301 cm³/mol. The summed E-state index contributed by atoms with van der Waals surface area (Å²) in [6.07, 6.45) is 0. The summed E-state index contributed by atoms with van der Waals surface area (Å²) in [6.45, 7) is 2.40. The highest BCUT2D eigenvalue weighted by atomic mass is 15.1. The average molecular weight is 904 g/mol. The normalized spacial score (nSPS) is 13.8. The standard InChI is InChI=1S/C70H49N/c1-70(55-31-15-6-16-32-55)65-37-20-19-35-60(65)61-42-40-57(47-66(61)70)71(67-43-39-53(48-22-7-2-8-23-48)45-63(67)49-24-9-3-10-25-49)56-33-21-30-52(44-56)54-38-41-59-58-34-17-18-36-62(58)68(50-26-11-4-12-27-50)69(64(59)46-54)51-28-13-5-14-29-51/h2-47H,1H3. The van der Waals surface area contributed by atoms with E-state index < -0.39 is 0 Å². The van der Waals surface area contributed by atoms with Crippen molar-refractivity contribution in [1.82, 2.24) is 0 Å². The van der Waals surface area contributed by atoms with Crippen molar-refractivity contribution in [1.29, 1.82) is 0 Å². The largest absolute Gasteiger partial charge is 0.310 e. The second kappa shape index (κ2) is 17.5. The highest BCUT2D eigenvalue weighted by Crippen LogP contribution is 2.55. The molecule has 0 aromatic heterocycles. The molecule has 0 spiro atoms. The van der Waals surface area contributed by atoms with Crippen molar-refractivity contribution < 1.29 is 0 Å². The molecule has 1 atom stereocenters. The molecule has 12 aromatic rings. The maximum Gasteiger partial charge on any atom is 0.0540 e. The highest BCUT2D eigenvalue weighted by molar-refractivity contribution is 6.22. The zero-order chi connectivity index (χ0) is 47.3. The van der Waals surface area contributed by atoms with Gasteiger partial charge < -0.3 is 4.90 Å². The summed E-state index contributed by atoms with van der Waals surface area (Å²) in [7, 11) is 0. The number of hydrogen-bond acceptors (Lipinski definition) is 1. The number of benzene rings is 12. The second-order valence-corrected chi connectivity index (χ2v) is 18.9. The first kappa shape index (κ1) is 42.1. The molecule has 1 heteroatoms. The number of fused-ring (bicyclic) bond motifs is 6. The molecule has 0 amide bonds. The van der Waals surface area contributed by atoms with Crippen LogP contribution in [-0.2, 0) is 5.41 Å². The van der Waals surface area contributed by atoms with E-state index in [-0.39, 0.29) is 5.41 Å². The van der Waals surface area contributed by atoms with Crippen LogP contribution in [0.3, 0.4) is 0 Å². The Morgan fingerprint density at radius 2 is 0.761 bits per heavy atom. The molecule has 71 heavy (non-hydrogen) atoms. The van der Waals surface area contributed by atoms with Crippen molar-refractivity contribution in [2.75, 3.05) is 4.90 Å². The van der Waals surface area contributed by atoms with Crippen LogP contribution in [0.2, 0.25) is 0 Å². The van der Waals surface area contributed by atoms with Gasteiger partial charge in [0.1, 0.15) is 0 Å². The van der Waals surface area contributed by atoms with Crippen molar-refractivity contribution in [2.24, 2.45) is 0 Å². The Bertz CT molecular complexity index is 3920. The molecule has 0 heterocycles. The zero-order valence-electron chi connectivity index (χ0n) is 39.5. The van der Waals surface area contributed by atoms with Crippen LogP contribution in [0.1, 0.15) is 23.6 Å². The molecule has 1 aliphatic carbocycles. The molecule has 334 valence electrons. The molecule has 0 saturated heterocycles. The first-order chi connectivity index (χ1) is 35.1. The minimum absolute atomic E-state index is 0.361. The third kappa shape index (κ3) is 7.17. The summed E-state index contributed by atoms with van der Waals surface area (Å²) in [6, 6.07) is 103. The molecule has 0 radical (unpaired) electrons. The Hall–Kier alpha value is -9.04. The Morgan fingerprint density at radius 3 is 1.46 bits per heavy atom. The molecule has 0 fully saturated rings. The van der Waals surface area contributed by atoms with Crippen LogP contribution in [-0.4, -0.2) is 0 Å². The Morgan fingerprint density at radius 1 is 0.268 bits per heavy atom. The minimum atomic E-state index is -0.361. The topological polar surface area (TPSA) is 3.24 Å². The van der Waals surface area contributed by atoms with Gasteiger partial charge in [-0.15, -0.1) is 0 Å². The fourth-order valence-electron chi connectivity index (χ4n) is 11.5. The summed E-state index contributed by atoms with van der Waals surface area (Å²) in [5.41, 5.74) is 21.3. The molecule has 12 aromatic carbocycles. The van der Waals surface area contributed by atoms with Crippen LogP contribution in [0.25, 0.3) is 88.3 Å². The number of anilines is 3. The second-order valence-electron chi connectivity index (χ2n) is 18.9. The predicted octanol–water partition coefficient (Wildman–Crippen LogP) is 19.1. The van der Waals surface area contributed by atoms with E-state index in [0.29, 0.717) is 0 Å². The van der Waals surface area contributed by atoms with Gasteiger partial charge in [0, 0.05) is 22.4 Å². The van der Waals surface area contributed by atoms with Crippen molar-refractivity contribution in [3.63, 3.8) is 0 Å². The molecule has 0 bridgehead atoms. The van der Waals surface area contributed by atoms with Crippen LogP contribution >= 0.6 is 0 Å². The lowest BCUT2D eigenvalue weighted by Crippen LogP contribution is -2.23. The molecular weight excluding hydrogens is 855 g/mol. The van der Waals surface area contributed by atoms with Crippen molar-refractivity contribution in [2.45, 2.75) is 12.3 Å². The van der Waals surface area contributed by atoms with Gasteiger partial charge in [0.15, 0.2) is 0 Å². The van der Waals surface area contributed by atoms with Gasteiger partial charge in [0.25, 0.3) is 0 Å². The van der Waals surface area contributed by atoms with Gasteiger partial charge in [-0.1, -0.05) is 237 Å². The Kier molecular flexibility index (Phi) is 10.4. The first-order valence-corrected chi connectivity index (χ1v) is 24.7.